The first-order chi connectivity index (χ1) is 13.5. The average Bonchev–Trinajstić information content (AvgIpc) is 3.24. The third-order valence-corrected chi connectivity index (χ3v) is 6.36. The Balaban J connectivity index is 1.93. The van der Waals surface area contributed by atoms with Gasteiger partial charge in [-0.25, -0.2) is 15.0 Å². The molecule has 3 aromatic rings. The molecule has 0 spiro atoms. The number of aromatic nitrogens is 3. The molecule has 7 heteroatoms. The van der Waals surface area contributed by atoms with E-state index in [0.717, 1.165) is 46.5 Å². The first-order valence-corrected chi connectivity index (χ1v) is 11.0. The van der Waals surface area contributed by atoms with Gasteiger partial charge in [0.15, 0.2) is 0 Å². The number of aliphatic hydroxyl groups is 2. The highest BCUT2D eigenvalue weighted by molar-refractivity contribution is 7.26. The lowest BCUT2D eigenvalue weighted by molar-refractivity contribution is 0.178. The molecule has 2 atom stereocenters. The number of anilines is 1. The van der Waals surface area contributed by atoms with Gasteiger partial charge in [-0.1, -0.05) is 13.3 Å². The van der Waals surface area contributed by atoms with Crippen LogP contribution >= 0.6 is 11.3 Å². The first-order valence-electron chi connectivity index (χ1n) is 10.2. The molecule has 1 aliphatic rings. The van der Waals surface area contributed by atoms with Gasteiger partial charge in [-0.2, -0.15) is 0 Å². The van der Waals surface area contributed by atoms with Crippen molar-refractivity contribution in [2.75, 3.05) is 18.0 Å². The molecule has 28 heavy (non-hydrogen) atoms. The second-order valence-corrected chi connectivity index (χ2v) is 8.88. The number of pyridine rings is 1. The van der Waals surface area contributed by atoms with Gasteiger partial charge in [-0.3, -0.25) is 0 Å². The van der Waals surface area contributed by atoms with Crippen LogP contribution in [0.1, 0.15) is 50.4 Å². The SMILES string of the molecule is CCCc1nc2sc3c(N(C[C@H](C)O)C[C@@H](C)O)ncnc3c2c2c1CCC2. The van der Waals surface area contributed by atoms with E-state index < -0.39 is 12.2 Å². The van der Waals surface area contributed by atoms with E-state index in [4.69, 9.17) is 4.98 Å². The molecule has 150 valence electrons. The highest BCUT2D eigenvalue weighted by atomic mass is 32.1. The second-order valence-electron chi connectivity index (χ2n) is 7.88. The van der Waals surface area contributed by atoms with Gasteiger partial charge in [-0.05, 0) is 50.7 Å². The Bertz CT molecular complexity index is 989. The number of fused-ring (bicyclic) bond motifs is 5. The Morgan fingerprint density at radius 2 is 1.82 bits per heavy atom. The zero-order valence-corrected chi connectivity index (χ0v) is 17.6. The van der Waals surface area contributed by atoms with E-state index >= 15 is 0 Å². The topological polar surface area (TPSA) is 82.4 Å². The summed E-state index contributed by atoms with van der Waals surface area (Å²) < 4.78 is 0.994. The van der Waals surface area contributed by atoms with E-state index in [0.29, 0.717) is 13.1 Å². The molecule has 0 aromatic carbocycles. The summed E-state index contributed by atoms with van der Waals surface area (Å²) in [5.74, 6) is 0.776. The van der Waals surface area contributed by atoms with Gasteiger partial charge in [0.2, 0.25) is 0 Å². The fourth-order valence-corrected chi connectivity index (χ4v) is 5.51. The van der Waals surface area contributed by atoms with Gasteiger partial charge in [0.1, 0.15) is 17.0 Å². The minimum absolute atomic E-state index is 0.415. The normalized spacial score (nSPS) is 15.9. The molecule has 0 fully saturated rings. The Hall–Kier alpha value is -1.83. The number of hydrogen-bond donors (Lipinski definition) is 2. The van der Waals surface area contributed by atoms with Gasteiger partial charge >= 0.3 is 0 Å². The van der Waals surface area contributed by atoms with Gasteiger partial charge in [0.05, 0.1) is 22.4 Å². The van der Waals surface area contributed by atoms with Crippen LogP contribution in [0.15, 0.2) is 6.33 Å². The Labute approximate surface area is 169 Å². The predicted octanol–water partition coefficient (Wildman–Crippen LogP) is 3.25. The summed E-state index contributed by atoms with van der Waals surface area (Å²) in [5, 5.41) is 21.1. The number of hydrogen-bond acceptors (Lipinski definition) is 7. The molecule has 3 aromatic heterocycles. The Morgan fingerprint density at radius 3 is 2.50 bits per heavy atom. The average molecular weight is 401 g/mol. The van der Waals surface area contributed by atoms with Crippen LogP contribution in [-0.4, -0.2) is 50.5 Å². The molecule has 2 N–H and O–H groups in total. The van der Waals surface area contributed by atoms with Crippen molar-refractivity contribution in [3.05, 3.63) is 23.1 Å². The van der Waals surface area contributed by atoms with Crippen LogP contribution < -0.4 is 4.90 Å². The number of nitrogens with zero attached hydrogens (tertiary/aromatic N) is 4. The molecule has 0 saturated heterocycles. The zero-order valence-electron chi connectivity index (χ0n) is 16.8. The maximum Gasteiger partial charge on any atom is 0.150 e. The van der Waals surface area contributed by atoms with Crippen LogP contribution in [-0.2, 0) is 19.3 Å². The summed E-state index contributed by atoms with van der Waals surface area (Å²) in [6, 6.07) is 0. The van der Waals surface area contributed by atoms with Crippen molar-refractivity contribution >= 4 is 37.6 Å². The number of aliphatic hydroxyl groups excluding tert-OH is 2. The minimum atomic E-state index is -0.517. The second kappa shape index (κ2) is 7.89. The van der Waals surface area contributed by atoms with Gasteiger partial charge in [0.25, 0.3) is 0 Å². The predicted molar refractivity (Wildman–Crippen MR) is 114 cm³/mol. The fourth-order valence-electron chi connectivity index (χ4n) is 4.32. The first kappa shape index (κ1) is 19.5. The third kappa shape index (κ3) is 3.47. The van der Waals surface area contributed by atoms with E-state index in [1.165, 1.54) is 28.6 Å². The molecule has 0 radical (unpaired) electrons. The molecule has 0 aliphatic heterocycles. The van der Waals surface area contributed by atoms with Gasteiger partial charge in [0, 0.05) is 24.2 Å². The van der Waals surface area contributed by atoms with Crippen molar-refractivity contribution < 1.29 is 10.2 Å². The van der Waals surface area contributed by atoms with Crippen LogP contribution in [0.25, 0.3) is 20.4 Å². The zero-order chi connectivity index (χ0) is 19.8. The van der Waals surface area contributed by atoms with E-state index in [-0.39, 0.29) is 0 Å². The van der Waals surface area contributed by atoms with E-state index in [9.17, 15) is 10.2 Å². The van der Waals surface area contributed by atoms with Crippen molar-refractivity contribution in [3.8, 4) is 0 Å². The molecule has 1 aliphatic carbocycles. The summed E-state index contributed by atoms with van der Waals surface area (Å²) >= 11 is 1.64. The molecule has 0 bridgehead atoms. The quantitative estimate of drug-likeness (QED) is 0.634. The standard InChI is InChI=1S/C21H28N4O2S/c1-4-6-16-14-7-5-8-15(14)17-18-19(28-21(17)24-16)20(23-11-22-18)25(9-12(2)26)10-13(3)27/h11-13,26-27H,4-10H2,1-3H3/t12-,13+. The van der Waals surface area contributed by atoms with Crippen LogP contribution in [0, 0.1) is 0 Å². The summed E-state index contributed by atoms with van der Waals surface area (Å²) in [5.41, 5.74) is 5.05. The molecule has 4 rings (SSSR count). The molecule has 0 amide bonds. The lowest BCUT2D eigenvalue weighted by atomic mass is 10.0. The highest BCUT2D eigenvalue weighted by Gasteiger charge is 2.25. The summed E-state index contributed by atoms with van der Waals surface area (Å²) in [7, 11) is 0. The Morgan fingerprint density at radius 1 is 1.11 bits per heavy atom. The molecule has 0 saturated carbocycles. The number of thiophene rings is 1. The molecular weight excluding hydrogens is 372 g/mol. The van der Waals surface area contributed by atoms with Crippen LogP contribution in [0.5, 0.6) is 0 Å². The number of aryl methyl sites for hydroxylation is 2. The maximum atomic E-state index is 9.96. The maximum absolute atomic E-state index is 9.96. The van der Waals surface area contributed by atoms with Crippen molar-refractivity contribution in [3.63, 3.8) is 0 Å². The van der Waals surface area contributed by atoms with Crippen molar-refractivity contribution in [1.29, 1.82) is 0 Å². The van der Waals surface area contributed by atoms with Crippen molar-refractivity contribution in [2.45, 2.75) is 65.1 Å². The lowest BCUT2D eigenvalue weighted by Crippen LogP contribution is -2.37. The Kier molecular flexibility index (Phi) is 5.49. The fraction of sp³-hybridized carbons (Fsp3) is 0.571. The molecule has 0 unspecified atom stereocenters. The van der Waals surface area contributed by atoms with E-state index in [1.54, 1.807) is 31.5 Å². The van der Waals surface area contributed by atoms with Crippen LogP contribution in [0.2, 0.25) is 0 Å². The van der Waals surface area contributed by atoms with Gasteiger partial charge < -0.3 is 15.1 Å². The summed E-state index contributed by atoms with van der Waals surface area (Å²) in [6.07, 6.45) is 6.05. The van der Waals surface area contributed by atoms with Gasteiger partial charge in [-0.15, -0.1) is 11.3 Å². The van der Waals surface area contributed by atoms with Crippen molar-refractivity contribution in [2.24, 2.45) is 0 Å². The third-order valence-electron chi connectivity index (χ3n) is 5.29. The summed E-state index contributed by atoms with van der Waals surface area (Å²) in [4.78, 5) is 17.2. The highest BCUT2D eigenvalue weighted by Crippen LogP contribution is 2.42. The smallest absolute Gasteiger partial charge is 0.150 e. The van der Waals surface area contributed by atoms with E-state index in [1.807, 2.05) is 4.90 Å². The van der Waals surface area contributed by atoms with E-state index in [2.05, 4.69) is 16.9 Å². The molecule has 6 nitrogen and oxygen atoms in total. The monoisotopic (exact) mass is 400 g/mol. The summed E-state index contributed by atoms with van der Waals surface area (Å²) in [6.45, 7) is 6.54. The van der Waals surface area contributed by atoms with Crippen LogP contribution in [0.3, 0.4) is 0 Å². The largest absolute Gasteiger partial charge is 0.392 e. The number of rotatable bonds is 7. The van der Waals surface area contributed by atoms with Crippen LogP contribution in [0.4, 0.5) is 5.82 Å². The minimum Gasteiger partial charge on any atom is -0.392 e. The molecule has 3 heterocycles. The van der Waals surface area contributed by atoms with Crippen molar-refractivity contribution in [1.82, 2.24) is 15.0 Å². The molecular formula is C21H28N4O2S. The lowest BCUT2D eigenvalue weighted by Gasteiger charge is -2.26.